The molecule has 1 aromatic rings. The number of carbonyl (C=O) groups is 1. The molecule has 1 saturated heterocycles. The molecule has 1 aromatic heterocycles. The highest BCUT2D eigenvalue weighted by Gasteiger charge is 2.13. The van der Waals surface area contributed by atoms with Crippen LogP contribution in [0.1, 0.15) is 5.56 Å². The van der Waals surface area contributed by atoms with Gasteiger partial charge in [-0.25, -0.2) is 4.98 Å². The maximum atomic E-state index is 11.8. The van der Waals surface area contributed by atoms with Gasteiger partial charge in [-0.2, -0.15) is 0 Å². The minimum absolute atomic E-state index is 0.00301. The van der Waals surface area contributed by atoms with Gasteiger partial charge in [0.25, 0.3) is 0 Å². The summed E-state index contributed by atoms with van der Waals surface area (Å²) in [7, 11) is 0. The van der Waals surface area contributed by atoms with Crippen molar-refractivity contribution in [3.8, 4) is 0 Å². The minimum Gasteiger partial charge on any atom is -0.314 e. The molecule has 0 aromatic carbocycles. The highest BCUT2D eigenvalue weighted by Crippen LogP contribution is 2.04. The van der Waals surface area contributed by atoms with Crippen LogP contribution in [0.3, 0.4) is 0 Å². The number of aryl methyl sites for hydroxylation is 1. The lowest BCUT2D eigenvalue weighted by atomic mass is 10.3. The quantitative estimate of drug-likeness (QED) is 0.786. The van der Waals surface area contributed by atoms with Gasteiger partial charge in [0.2, 0.25) is 5.91 Å². The van der Waals surface area contributed by atoms with Gasteiger partial charge in [0.15, 0.2) is 0 Å². The molecule has 2 heterocycles. The van der Waals surface area contributed by atoms with Crippen molar-refractivity contribution in [1.82, 2.24) is 15.2 Å². The van der Waals surface area contributed by atoms with E-state index in [1.165, 1.54) is 0 Å². The molecule has 5 nitrogen and oxygen atoms in total. The minimum atomic E-state index is 0.00301. The van der Waals surface area contributed by atoms with Gasteiger partial charge in [0.1, 0.15) is 5.82 Å². The van der Waals surface area contributed by atoms with E-state index in [-0.39, 0.29) is 5.91 Å². The number of hydrogen-bond acceptors (Lipinski definition) is 4. The summed E-state index contributed by atoms with van der Waals surface area (Å²) in [5.41, 5.74) is 1.09. The Bertz CT molecular complexity index is 371. The molecule has 0 bridgehead atoms. The van der Waals surface area contributed by atoms with Gasteiger partial charge in [-0.05, 0) is 18.6 Å². The number of amides is 1. The zero-order valence-electron chi connectivity index (χ0n) is 10.1. The number of nitrogens with zero attached hydrogens (tertiary/aromatic N) is 2. The maximum Gasteiger partial charge on any atom is 0.239 e. The lowest BCUT2D eigenvalue weighted by Gasteiger charge is -2.26. The van der Waals surface area contributed by atoms with Crippen LogP contribution in [-0.2, 0) is 4.79 Å². The van der Waals surface area contributed by atoms with Crippen LogP contribution in [0.15, 0.2) is 18.3 Å². The molecule has 17 heavy (non-hydrogen) atoms. The van der Waals surface area contributed by atoms with E-state index in [9.17, 15) is 4.79 Å². The number of rotatable bonds is 3. The van der Waals surface area contributed by atoms with E-state index in [0.717, 1.165) is 31.7 Å². The number of nitrogens with one attached hydrogen (secondary N) is 2. The van der Waals surface area contributed by atoms with Crippen LogP contribution in [0.25, 0.3) is 0 Å². The second-order valence-corrected chi connectivity index (χ2v) is 4.30. The van der Waals surface area contributed by atoms with Crippen LogP contribution in [-0.4, -0.2) is 48.5 Å². The van der Waals surface area contributed by atoms with E-state index in [1.807, 2.05) is 19.1 Å². The Balaban J connectivity index is 1.82. The Kier molecular flexibility index (Phi) is 4.06. The molecule has 2 N–H and O–H groups in total. The first kappa shape index (κ1) is 12.0. The van der Waals surface area contributed by atoms with Gasteiger partial charge in [-0.15, -0.1) is 0 Å². The van der Waals surface area contributed by atoms with Crippen molar-refractivity contribution in [2.75, 3.05) is 38.0 Å². The number of pyridine rings is 1. The maximum absolute atomic E-state index is 11.8. The van der Waals surface area contributed by atoms with Crippen LogP contribution in [0.5, 0.6) is 0 Å². The Morgan fingerprint density at radius 3 is 2.88 bits per heavy atom. The number of hydrogen-bond donors (Lipinski definition) is 2. The number of aromatic nitrogens is 1. The molecule has 0 unspecified atom stereocenters. The fraction of sp³-hybridized carbons (Fsp3) is 0.500. The SMILES string of the molecule is Cc1ccc(NC(=O)CN2CCNCC2)nc1. The van der Waals surface area contributed by atoms with Crippen molar-refractivity contribution in [2.45, 2.75) is 6.92 Å². The molecule has 2 rings (SSSR count). The molecule has 0 aliphatic carbocycles. The fourth-order valence-corrected chi connectivity index (χ4v) is 1.80. The summed E-state index contributed by atoms with van der Waals surface area (Å²) in [6, 6.07) is 3.76. The lowest BCUT2D eigenvalue weighted by molar-refractivity contribution is -0.117. The monoisotopic (exact) mass is 234 g/mol. The van der Waals surface area contributed by atoms with Crippen LogP contribution in [0, 0.1) is 6.92 Å². The topological polar surface area (TPSA) is 57.3 Å². The molecule has 1 aliphatic heterocycles. The van der Waals surface area contributed by atoms with Gasteiger partial charge in [-0.3, -0.25) is 9.69 Å². The first-order valence-corrected chi connectivity index (χ1v) is 5.89. The van der Waals surface area contributed by atoms with Crippen molar-refractivity contribution >= 4 is 11.7 Å². The summed E-state index contributed by atoms with van der Waals surface area (Å²) < 4.78 is 0. The van der Waals surface area contributed by atoms with Crippen molar-refractivity contribution in [1.29, 1.82) is 0 Å². The van der Waals surface area contributed by atoms with Crippen molar-refractivity contribution < 1.29 is 4.79 Å². The molecular weight excluding hydrogens is 216 g/mol. The van der Waals surface area contributed by atoms with Crippen LogP contribution >= 0.6 is 0 Å². The average Bonchev–Trinajstić information content (AvgIpc) is 2.33. The summed E-state index contributed by atoms with van der Waals surface area (Å²) in [4.78, 5) is 18.0. The Morgan fingerprint density at radius 1 is 1.47 bits per heavy atom. The Hall–Kier alpha value is -1.46. The Morgan fingerprint density at radius 2 is 2.24 bits per heavy atom. The van der Waals surface area contributed by atoms with E-state index in [1.54, 1.807) is 6.20 Å². The van der Waals surface area contributed by atoms with Crippen LogP contribution in [0.4, 0.5) is 5.82 Å². The highest BCUT2D eigenvalue weighted by atomic mass is 16.2. The predicted molar refractivity (Wildman–Crippen MR) is 66.9 cm³/mol. The number of anilines is 1. The summed E-state index contributed by atoms with van der Waals surface area (Å²) in [6.07, 6.45) is 1.75. The predicted octanol–water partition coefficient (Wildman–Crippen LogP) is 0.234. The number of piperazine rings is 1. The van der Waals surface area contributed by atoms with Crippen molar-refractivity contribution in [2.24, 2.45) is 0 Å². The smallest absolute Gasteiger partial charge is 0.239 e. The summed E-state index contributed by atoms with van der Waals surface area (Å²) in [5.74, 6) is 0.624. The van der Waals surface area contributed by atoms with E-state index in [0.29, 0.717) is 12.4 Å². The molecule has 1 fully saturated rings. The lowest BCUT2D eigenvalue weighted by Crippen LogP contribution is -2.46. The van der Waals surface area contributed by atoms with Gasteiger partial charge in [0, 0.05) is 32.4 Å². The second-order valence-electron chi connectivity index (χ2n) is 4.30. The van der Waals surface area contributed by atoms with Gasteiger partial charge < -0.3 is 10.6 Å². The average molecular weight is 234 g/mol. The summed E-state index contributed by atoms with van der Waals surface area (Å²) >= 11 is 0. The largest absolute Gasteiger partial charge is 0.314 e. The van der Waals surface area contributed by atoms with Crippen LogP contribution in [0.2, 0.25) is 0 Å². The van der Waals surface area contributed by atoms with Gasteiger partial charge >= 0.3 is 0 Å². The van der Waals surface area contributed by atoms with E-state index < -0.39 is 0 Å². The molecule has 92 valence electrons. The Labute approximate surface area is 101 Å². The first-order valence-electron chi connectivity index (χ1n) is 5.89. The van der Waals surface area contributed by atoms with Crippen molar-refractivity contribution in [3.63, 3.8) is 0 Å². The van der Waals surface area contributed by atoms with Crippen LogP contribution < -0.4 is 10.6 Å². The second kappa shape index (κ2) is 5.75. The first-order chi connectivity index (χ1) is 8.24. The summed E-state index contributed by atoms with van der Waals surface area (Å²) in [5, 5.41) is 6.06. The zero-order valence-corrected chi connectivity index (χ0v) is 10.1. The number of carbonyl (C=O) groups excluding carboxylic acids is 1. The third-order valence-corrected chi connectivity index (χ3v) is 2.76. The highest BCUT2D eigenvalue weighted by molar-refractivity contribution is 5.91. The molecule has 5 heteroatoms. The molecule has 1 amide bonds. The van der Waals surface area contributed by atoms with Gasteiger partial charge in [0.05, 0.1) is 6.54 Å². The zero-order chi connectivity index (χ0) is 12.1. The van der Waals surface area contributed by atoms with E-state index >= 15 is 0 Å². The third-order valence-electron chi connectivity index (χ3n) is 2.76. The van der Waals surface area contributed by atoms with Gasteiger partial charge in [-0.1, -0.05) is 6.07 Å². The third kappa shape index (κ3) is 3.80. The normalized spacial score (nSPS) is 16.8. The van der Waals surface area contributed by atoms with Crippen molar-refractivity contribution in [3.05, 3.63) is 23.9 Å². The molecule has 0 spiro atoms. The van der Waals surface area contributed by atoms with E-state index in [2.05, 4.69) is 20.5 Å². The summed E-state index contributed by atoms with van der Waals surface area (Å²) in [6.45, 7) is 6.17. The molecule has 1 aliphatic rings. The van der Waals surface area contributed by atoms with E-state index in [4.69, 9.17) is 0 Å². The molecule has 0 saturated carbocycles. The standard InChI is InChI=1S/C12H18N4O/c1-10-2-3-11(14-8-10)15-12(17)9-16-6-4-13-5-7-16/h2-3,8,13H,4-7,9H2,1H3,(H,14,15,17). The molecule has 0 radical (unpaired) electrons. The fourth-order valence-electron chi connectivity index (χ4n) is 1.80. The molecular formula is C12H18N4O. The molecule has 0 atom stereocenters.